The first-order chi connectivity index (χ1) is 7.89. The molecule has 0 aliphatic rings. The highest BCUT2D eigenvalue weighted by molar-refractivity contribution is 6.60. The first-order valence-electron chi connectivity index (χ1n) is 5.63. The van der Waals surface area contributed by atoms with Crippen molar-refractivity contribution < 1.29 is 17.7 Å². The standard InChI is InChI=1S/C12H15BF3O/c1-10(17)9-12(13(14,15)16)8-7-11-5-3-2-4-6-11/h2-6,12H,7-9H2,1H3/q-1. The molecule has 94 valence electrons. The van der Waals surface area contributed by atoms with E-state index in [4.69, 9.17) is 0 Å². The van der Waals surface area contributed by atoms with Gasteiger partial charge in [0.2, 0.25) is 0 Å². The van der Waals surface area contributed by atoms with Crippen molar-refractivity contribution in [3.05, 3.63) is 35.9 Å². The number of rotatable bonds is 6. The van der Waals surface area contributed by atoms with Crippen molar-refractivity contribution in [2.75, 3.05) is 0 Å². The predicted molar refractivity (Wildman–Crippen MR) is 62.9 cm³/mol. The highest BCUT2D eigenvalue weighted by atomic mass is 19.4. The number of aryl methyl sites for hydroxylation is 1. The van der Waals surface area contributed by atoms with Crippen LogP contribution in [0.5, 0.6) is 0 Å². The second-order valence-corrected chi connectivity index (χ2v) is 4.32. The Bertz CT molecular complexity index is 362. The maximum Gasteiger partial charge on any atom is 0.481 e. The van der Waals surface area contributed by atoms with Crippen molar-refractivity contribution in [3.63, 3.8) is 0 Å². The fraction of sp³-hybridized carbons (Fsp3) is 0.417. The normalized spacial score (nSPS) is 13.4. The first kappa shape index (κ1) is 13.8. The van der Waals surface area contributed by atoms with Crippen LogP contribution < -0.4 is 0 Å². The summed E-state index contributed by atoms with van der Waals surface area (Å²) < 4.78 is 38.1. The molecule has 0 spiro atoms. The highest BCUT2D eigenvalue weighted by Gasteiger charge is 2.34. The van der Waals surface area contributed by atoms with Gasteiger partial charge in [-0.25, -0.2) is 0 Å². The van der Waals surface area contributed by atoms with E-state index in [0.29, 0.717) is 6.42 Å². The third kappa shape index (κ3) is 5.07. The first-order valence-corrected chi connectivity index (χ1v) is 5.63. The van der Waals surface area contributed by atoms with E-state index in [1.165, 1.54) is 6.92 Å². The second-order valence-electron chi connectivity index (χ2n) is 4.32. The number of ketones is 1. The van der Waals surface area contributed by atoms with Gasteiger partial charge in [-0.15, -0.1) is 0 Å². The number of hydrogen-bond acceptors (Lipinski definition) is 1. The van der Waals surface area contributed by atoms with Gasteiger partial charge in [0.15, 0.2) is 0 Å². The smallest absolute Gasteiger partial charge is 0.449 e. The highest BCUT2D eigenvalue weighted by Crippen LogP contribution is 2.33. The quantitative estimate of drug-likeness (QED) is 0.694. The largest absolute Gasteiger partial charge is 0.481 e. The monoisotopic (exact) mass is 243 g/mol. The zero-order valence-electron chi connectivity index (χ0n) is 9.70. The third-order valence-electron chi connectivity index (χ3n) is 2.73. The molecular weight excluding hydrogens is 228 g/mol. The molecule has 0 aliphatic carbocycles. The molecule has 0 saturated carbocycles. The second kappa shape index (κ2) is 5.89. The Morgan fingerprint density at radius 3 is 2.29 bits per heavy atom. The van der Waals surface area contributed by atoms with Crippen molar-refractivity contribution in [1.82, 2.24) is 0 Å². The molecule has 0 bridgehead atoms. The number of benzene rings is 1. The Balaban J connectivity index is 2.59. The fourth-order valence-corrected chi connectivity index (χ4v) is 1.79. The van der Waals surface area contributed by atoms with Crippen LogP contribution in [0.2, 0.25) is 5.82 Å². The fourth-order valence-electron chi connectivity index (χ4n) is 1.79. The molecule has 0 heterocycles. The molecule has 0 fully saturated rings. The van der Waals surface area contributed by atoms with Crippen LogP contribution in [0.25, 0.3) is 0 Å². The van der Waals surface area contributed by atoms with Crippen molar-refractivity contribution in [3.8, 4) is 0 Å². The molecule has 1 aromatic rings. The molecule has 0 radical (unpaired) electrons. The lowest BCUT2D eigenvalue weighted by Gasteiger charge is -2.25. The third-order valence-corrected chi connectivity index (χ3v) is 2.73. The van der Waals surface area contributed by atoms with E-state index in [-0.39, 0.29) is 6.42 Å². The van der Waals surface area contributed by atoms with Gasteiger partial charge in [0, 0.05) is 0 Å². The molecule has 5 heteroatoms. The Kier molecular flexibility index (Phi) is 4.79. The maximum absolute atomic E-state index is 12.7. The Morgan fingerprint density at radius 2 is 1.82 bits per heavy atom. The van der Waals surface area contributed by atoms with Gasteiger partial charge < -0.3 is 17.7 Å². The van der Waals surface area contributed by atoms with Crippen LogP contribution in [-0.2, 0) is 11.2 Å². The number of halogens is 3. The number of carbonyl (C=O) groups is 1. The summed E-state index contributed by atoms with van der Waals surface area (Å²) in [4.78, 5) is 10.8. The summed E-state index contributed by atoms with van der Waals surface area (Å²) in [5.41, 5.74) is 0.876. The van der Waals surface area contributed by atoms with Gasteiger partial charge in [-0.1, -0.05) is 42.6 Å². The molecule has 0 saturated heterocycles. The SMILES string of the molecule is CC(=O)CC(CCc1ccccc1)[B-](F)(F)F. The summed E-state index contributed by atoms with van der Waals surface area (Å²) >= 11 is 0. The average Bonchev–Trinajstić information content (AvgIpc) is 2.23. The summed E-state index contributed by atoms with van der Waals surface area (Å²) in [6.45, 7) is -3.73. The van der Waals surface area contributed by atoms with Gasteiger partial charge in [0.1, 0.15) is 5.78 Å². The van der Waals surface area contributed by atoms with Crippen LogP contribution in [-0.4, -0.2) is 12.8 Å². The molecule has 1 rings (SSSR count). The van der Waals surface area contributed by atoms with Gasteiger partial charge >= 0.3 is 6.98 Å². The van der Waals surface area contributed by atoms with Gasteiger partial charge in [-0.3, -0.25) is 0 Å². The zero-order valence-corrected chi connectivity index (χ0v) is 9.70. The van der Waals surface area contributed by atoms with Crippen molar-refractivity contribution in [2.24, 2.45) is 0 Å². The molecule has 17 heavy (non-hydrogen) atoms. The van der Waals surface area contributed by atoms with Crippen LogP contribution in [0, 0.1) is 0 Å². The van der Waals surface area contributed by atoms with E-state index in [1.807, 2.05) is 6.07 Å². The van der Waals surface area contributed by atoms with E-state index in [9.17, 15) is 17.7 Å². The van der Waals surface area contributed by atoms with E-state index >= 15 is 0 Å². The van der Waals surface area contributed by atoms with Crippen LogP contribution in [0.4, 0.5) is 12.9 Å². The van der Waals surface area contributed by atoms with E-state index in [1.54, 1.807) is 24.3 Å². The van der Waals surface area contributed by atoms with Crippen LogP contribution >= 0.6 is 0 Å². The molecule has 0 aliphatic heterocycles. The summed E-state index contributed by atoms with van der Waals surface area (Å²) in [7, 11) is 0. The lowest BCUT2D eigenvalue weighted by atomic mass is 9.67. The molecule has 0 aromatic heterocycles. The Morgan fingerprint density at radius 1 is 1.24 bits per heavy atom. The van der Waals surface area contributed by atoms with Gasteiger partial charge in [0.25, 0.3) is 0 Å². The molecule has 1 unspecified atom stereocenters. The summed E-state index contributed by atoms with van der Waals surface area (Å²) in [5, 5.41) is 0. The zero-order chi connectivity index (χ0) is 12.9. The van der Waals surface area contributed by atoms with Gasteiger partial charge in [0.05, 0.1) is 0 Å². The topological polar surface area (TPSA) is 17.1 Å². The maximum atomic E-state index is 12.7. The van der Waals surface area contributed by atoms with Crippen LogP contribution in [0.1, 0.15) is 25.3 Å². The summed E-state index contributed by atoms with van der Waals surface area (Å²) in [5.74, 6) is -1.87. The molecule has 1 atom stereocenters. The summed E-state index contributed by atoms with van der Waals surface area (Å²) in [6, 6.07) is 9.02. The Labute approximate surface area is 99.1 Å². The predicted octanol–water partition coefficient (Wildman–Crippen LogP) is 3.82. The minimum atomic E-state index is -4.94. The Hall–Kier alpha value is -1.26. The lowest BCUT2D eigenvalue weighted by Crippen LogP contribution is -2.26. The number of hydrogen-bond donors (Lipinski definition) is 0. The molecule has 0 amide bonds. The van der Waals surface area contributed by atoms with Gasteiger partial charge in [-0.2, -0.15) is 0 Å². The van der Waals surface area contributed by atoms with Crippen molar-refractivity contribution in [1.29, 1.82) is 0 Å². The van der Waals surface area contributed by atoms with E-state index < -0.39 is 25.0 Å². The van der Waals surface area contributed by atoms with E-state index in [2.05, 4.69) is 0 Å². The molecule has 1 nitrogen and oxygen atoms in total. The minimum Gasteiger partial charge on any atom is -0.449 e. The lowest BCUT2D eigenvalue weighted by molar-refractivity contribution is -0.117. The molecular formula is C12H15BF3O-. The van der Waals surface area contributed by atoms with E-state index in [0.717, 1.165) is 5.56 Å². The van der Waals surface area contributed by atoms with Crippen LogP contribution in [0.15, 0.2) is 30.3 Å². The van der Waals surface area contributed by atoms with Crippen molar-refractivity contribution in [2.45, 2.75) is 32.0 Å². The van der Waals surface area contributed by atoms with Crippen LogP contribution in [0.3, 0.4) is 0 Å². The molecule has 0 N–H and O–H groups in total. The minimum absolute atomic E-state index is 0.00685. The number of carbonyl (C=O) groups excluding carboxylic acids is 1. The number of Topliss-reactive ketones (excluding diaryl/α,β-unsaturated/α-hetero) is 1. The average molecular weight is 243 g/mol. The molecule has 1 aromatic carbocycles. The van der Waals surface area contributed by atoms with Crippen molar-refractivity contribution >= 4 is 12.8 Å². The summed E-state index contributed by atoms with van der Waals surface area (Å²) in [6.07, 6.45) is -0.0382. The van der Waals surface area contributed by atoms with Gasteiger partial charge in [-0.05, 0) is 25.3 Å².